The first-order valence-electron chi connectivity index (χ1n) is 9.53. The van der Waals surface area contributed by atoms with E-state index < -0.39 is 0 Å². The van der Waals surface area contributed by atoms with E-state index in [2.05, 4.69) is 25.4 Å². The second-order valence-electron chi connectivity index (χ2n) is 7.18. The van der Waals surface area contributed by atoms with Crippen LogP contribution >= 0.6 is 0 Å². The van der Waals surface area contributed by atoms with Crippen LogP contribution < -0.4 is 10.2 Å². The second-order valence-corrected chi connectivity index (χ2v) is 7.18. The summed E-state index contributed by atoms with van der Waals surface area (Å²) in [4.78, 5) is 32.5. The van der Waals surface area contributed by atoms with Crippen LogP contribution in [0.4, 0.5) is 11.5 Å². The third kappa shape index (κ3) is 3.75. The van der Waals surface area contributed by atoms with E-state index in [0.29, 0.717) is 43.2 Å². The molecule has 29 heavy (non-hydrogen) atoms. The zero-order valence-corrected chi connectivity index (χ0v) is 16.7. The summed E-state index contributed by atoms with van der Waals surface area (Å²) in [6.45, 7) is 8.00. The van der Waals surface area contributed by atoms with Gasteiger partial charge in [-0.25, -0.2) is 0 Å². The molecule has 1 saturated heterocycles. The Morgan fingerprint density at radius 2 is 1.69 bits per heavy atom. The van der Waals surface area contributed by atoms with Gasteiger partial charge < -0.3 is 15.1 Å². The Kier molecular flexibility index (Phi) is 4.87. The quantitative estimate of drug-likeness (QED) is 0.727. The van der Waals surface area contributed by atoms with Crippen LogP contribution in [0.5, 0.6) is 0 Å². The van der Waals surface area contributed by atoms with E-state index >= 15 is 0 Å². The van der Waals surface area contributed by atoms with Crippen LogP contribution in [0, 0.1) is 13.8 Å². The number of hydrogen-bond acceptors (Lipinski definition) is 6. The van der Waals surface area contributed by atoms with Gasteiger partial charge >= 0.3 is 0 Å². The molecule has 150 valence electrons. The van der Waals surface area contributed by atoms with Crippen LogP contribution in [0.1, 0.15) is 28.8 Å². The lowest BCUT2D eigenvalue weighted by molar-refractivity contribution is -0.114. The zero-order chi connectivity index (χ0) is 20.5. The average molecular weight is 393 g/mol. The highest BCUT2D eigenvalue weighted by Gasteiger charge is 2.23. The summed E-state index contributed by atoms with van der Waals surface area (Å²) in [6, 6.07) is 9.00. The number of hydrogen-bond donors (Lipinski definition) is 1. The second kappa shape index (κ2) is 7.50. The number of piperazine rings is 1. The SMILES string of the molecule is CC(=O)Nc1ccc(C(=O)N2CCN(c3cc(C)n4c(C)nnc4n3)CC2)cc1. The summed E-state index contributed by atoms with van der Waals surface area (Å²) >= 11 is 0. The fraction of sp³-hybridized carbons (Fsp3) is 0.350. The normalized spacial score (nSPS) is 14.3. The maximum absolute atomic E-state index is 12.8. The van der Waals surface area contributed by atoms with Gasteiger partial charge in [-0.3, -0.25) is 14.0 Å². The van der Waals surface area contributed by atoms with E-state index in [4.69, 9.17) is 0 Å². The predicted octanol–water partition coefficient (Wildman–Crippen LogP) is 1.66. The number of anilines is 2. The molecule has 0 unspecified atom stereocenters. The number of rotatable bonds is 3. The number of nitrogens with one attached hydrogen (secondary N) is 1. The van der Waals surface area contributed by atoms with Crippen LogP contribution in [0.2, 0.25) is 0 Å². The molecular weight excluding hydrogens is 370 g/mol. The molecule has 4 rings (SSSR count). The Labute approximate surface area is 168 Å². The molecule has 3 heterocycles. The minimum atomic E-state index is -0.136. The maximum atomic E-state index is 12.8. The van der Waals surface area contributed by atoms with Crippen molar-refractivity contribution in [3.05, 3.63) is 47.4 Å². The number of carbonyl (C=O) groups is 2. The lowest BCUT2D eigenvalue weighted by Crippen LogP contribution is -2.49. The van der Waals surface area contributed by atoms with Crippen LogP contribution in [0.25, 0.3) is 5.78 Å². The van der Waals surface area contributed by atoms with Gasteiger partial charge in [-0.2, -0.15) is 4.98 Å². The molecule has 0 aliphatic carbocycles. The standard InChI is InChI=1S/C20H23N7O2/c1-13-12-18(22-20-24-23-14(2)27(13)20)25-8-10-26(11-9-25)19(29)16-4-6-17(7-5-16)21-15(3)28/h4-7,12H,8-11H2,1-3H3,(H,21,28). The van der Waals surface area contributed by atoms with Crippen LogP contribution in [-0.2, 0) is 4.79 Å². The van der Waals surface area contributed by atoms with Crippen molar-refractivity contribution < 1.29 is 9.59 Å². The van der Waals surface area contributed by atoms with Crippen LogP contribution in [0.15, 0.2) is 30.3 Å². The highest BCUT2D eigenvalue weighted by molar-refractivity contribution is 5.95. The summed E-state index contributed by atoms with van der Waals surface area (Å²) < 4.78 is 1.92. The van der Waals surface area contributed by atoms with Gasteiger partial charge in [0.15, 0.2) is 0 Å². The van der Waals surface area contributed by atoms with Crippen molar-refractivity contribution in [2.45, 2.75) is 20.8 Å². The number of nitrogens with zero attached hydrogens (tertiary/aromatic N) is 6. The fourth-order valence-electron chi connectivity index (χ4n) is 3.61. The Morgan fingerprint density at radius 3 is 2.34 bits per heavy atom. The van der Waals surface area contributed by atoms with Gasteiger partial charge in [0.05, 0.1) is 0 Å². The van der Waals surface area contributed by atoms with Gasteiger partial charge in [0, 0.05) is 56.1 Å². The first kappa shape index (κ1) is 18.9. The molecule has 0 spiro atoms. The van der Waals surface area contributed by atoms with Crippen LogP contribution in [0.3, 0.4) is 0 Å². The minimum Gasteiger partial charge on any atom is -0.353 e. The molecule has 1 aliphatic rings. The van der Waals surface area contributed by atoms with E-state index in [9.17, 15) is 9.59 Å². The maximum Gasteiger partial charge on any atom is 0.257 e. The molecule has 1 aromatic carbocycles. The van der Waals surface area contributed by atoms with Crippen molar-refractivity contribution in [3.8, 4) is 0 Å². The Hall–Kier alpha value is -3.49. The molecule has 3 aromatic rings. The molecular formula is C20H23N7O2. The van der Waals surface area contributed by atoms with Gasteiger partial charge in [0.2, 0.25) is 5.91 Å². The van der Waals surface area contributed by atoms with Gasteiger partial charge in [-0.1, -0.05) is 0 Å². The van der Waals surface area contributed by atoms with Crippen molar-refractivity contribution in [3.63, 3.8) is 0 Å². The third-order valence-electron chi connectivity index (χ3n) is 5.06. The lowest BCUT2D eigenvalue weighted by Gasteiger charge is -2.35. The topological polar surface area (TPSA) is 95.7 Å². The number of amides is 2. The molecule has 1 N–H and O–H groups in total. The number of aryl methyl sites for hydroxylation is 2. The van der Waals surface area contributed by atoms with E-state index in [1.165, 1.54) is 6.92 Å². The van der Waals surface area contributed by atoms with Crippen LogP contribution in [-0.4, -0.2) is 62.5 Å². The van der Waals surface area contributed by atoms with Crippen molar-refractivity contribution in [1.29, 1.82) is 0 Å². The molecule has 9 nitrogen and oxygen atoms in total. The van der Waals surface area contributed by atoms with Gasteiger partial charge in [-0.05, 0) is 38.1 Å². The van der Waals surface area contributed by atoms with Crippen molar-refractivity contribution in [2.24, 2.45) is 0 Å². The first-order valence-corrected chi connectivity index (χ1v) is 9.53. The van der Waals surface area contributed by atoms with Gasteiger partial charge in [0.25, 0.3) is 11.7 Å². The van der Waals surface area contributed by atoms with Gasteiger partial charge in [0.1, 0.15) is 11.6 Å². The molecule has 2 amide bonds. The summed E-state index contributed by atoms with van der Waals surface area (Å²) in [6.07, 6.45) is 0. The number of aromatic nitrogens is 4. The highest BCUT2D eigenvalue weighted by Crippen LogP contribution is 2.19. The monoisotopic (exact) mass is 393 g/mol. The Balaban J connectivity index is 1.42. The molecule has 2 aromatic heterocycles. The number of carbonyl (C=O) groups excluding carboxylic acids is 2. The van der Waals surface area contributed by atoms with E-state index in [-0.39, 0.29) is 11.8 Å². The number of fused-ring (bicyclic) bond motifs is 1. The molecule has 0 saturated carbocycles. The molecule has 0 bridgehead atoms. The highest BCUT2D eigenvalue weighted by atomic mass is 16.2. The fourth-order valence-corrected chi connectivity index (χ4v) is 3.61. The van der Waals surface area contributed by atoms with Crippen molar-refractivity contribution in [1.82, 2.24) is 24.5 Å². The minimum absolute atomic E-state index is 0.00769. The largest absolute Gasteiger partial charge is 0.353 e. The molecule has 0 radical (unpaired) electrons. The third-order valence-corrected chi connectivity index (χ3v) is 5.06. The Bertz CT molecular complexity index is 1070. The van der Waals surface area contributed by atoms with E-state index in [1.54, 1.807) is 24.3 Å². The summed E-state index contributed by atoms with van der Waals surface area (Å²) in [5.74, 6) is 2.12. The molecule has 9 heteroatoms. The lowest BCUT2D eigenvalue weighted by atomic mass is 10.1. The molecule has 0 atom stereocenters. The van der Waals surface area contributed by atoms with Crippen molar-refractivity contribution >= 4 is 29.1 Å². The number of benzene rings is 1. The van der Waals surface area contributed by atoms with E-state index in [0.717, 1.165) is 17.3 Å². The summed E-state index contributed by atoms with van der Waals surface area (Å²) in [5.41, 5.74) is 2.33. The predicted molar refractivity (Wildman–Crippen MR) is 109 cm³/mol. The van der Waals surface area contributed by atoms with E-state index in [1.807, 2.05) is 29.2 Å². The smallest absolute Gasteiger partial charge is 0.257 e. The zero-order valence-electron chi connectivity index (χ0n) is 16.7. The summed E-state index contributed by atoms with van der Waals surface area (Å²) in [7, 11) is 0. The van der Waals surface area contributed by atoms with Crippen molar-refractivity contribution in [2.75, 3.05) is 36.4 Å². The first-order chi connectivity index (χ1) is 13.9. The van der Waals surface area contributed by atoms with Gasteiger partial charge in [-0.15, -0.1) is 10.2 Å². The molecule has 1 aliphatic heterocycles. The molecule has 1 fully saturated rings. The Morgan fingerprint density at radius 1 is 1.00 bits per heavy atom. The summed E-state index contributed by atoms with van der Waals surface area (Å²) in [5, 5.41) is 10.9. The average Bonchev–Trinajstić information content (AvgIpc) is 3.09.